The average molecular weight is 448 g/mol. The largest absolute Gasteiger partial charge is 0.289 e. The molecule has 0 aliphatic heterocycles. The molecule has 12 heteroatoms. The highest BCUT2D eigenvalue weighted by Crippen LogP contribution is 2.29. The highest BCUT2D eigenvalue weighted by molar-refractivity contribution is 7.89. The maximum Gasteiger partial charge on any atom is 0.269 e. The lowest BCUT2D eigenvalue weighted by Gasteiger charge is -2.22. The molecule has 0 radical (unpaired) electrons. The van der Waals surface area contributed by atoms with Gasteiger partial charge in [-0.2, -0.15) is 4.31 Å². The number of nitrogens with one attached hydrogen (secondary N) is 1. The predicted octanol–water partition coefficient (Wildman–Crippen LogP) is 2.99. The lowest BCUT2D eigenvalue weighted by molar-refractivity contribution is -0.384. The molecular formula is C16H15Cl2N3O6S. The van der Waals surface area contributed by atoms with Crippen LogP contribution in [0.1, 0.15) is 12.0 Å². The number of hydrogen-bond acceptors (Lipinski definition) is 6. The number of nitro groups is 1. The molecule has 1 amide bonds. The first-order valence-electron chi connectivity index (χ1n) is 7.76. The van der Waals surface area contributed by atoms with Gasteiger partial charge in [0.25, 0.3) is 5.69 Å². The quantitative estimate of drug-likeness (QED) is 0.363. The van der Waals surface area contributed by atoms with Crippen LogP contribution in [0.15, 0.2) is 47.4 Å². The summed E-state index contributed by atoms with van der Waals surface area (Å²) in [6.07, 6.45) is -0.319. The molecule has 0 unspecified atom stereocenters. The van der Waals surface area contributed by atoms with Gasteiger partial charge in [-0.25, -0.2) is 13.9 Å². The monoisotopic (exact) mass is 447 g/mol. The fourth-order valence-corrected chi connectivity index (χ4v) is 4.47. The predicted molar refractivity (Wildman–Crippen MR) is 102 cm³/mol. The Hall–Kier alpha value is -2.24. The van der Waals surface area contributed by atoms with Crippen LogP contribution in [0, 0.1) is 10.1 Å². The number of nitro benzene ring substituents is 1. The summed E-state index contributed by atoms with van der Waals surface area (Å²) in [6, 6.07) is 9.26. The Balaban J connectivity index is 2.38. The second-order valence-corrected chi connectivity index (χ2v) is 8.37. The Morgan fingerprint density at radius 2 is 1.82 bits per heavy atom. The summed E-state index contributed by atoms with van der Waals surface area (Å²) >= 11 is 11.9. The van der Waals surface area contributed by atoms with E-state index in [1.54, 1.807) is 0 Å². The normalized spacial score (nSPS) is 11.4. The van der Waals surface area contributed by atoms with E-state index in [0.29, 0.717) is 5.56 Å². The number of hydrogen-bond donors (Lipinski definition) is 2. The van der Waals surface area contributed by atoms with Crippen molar-refractivity contribution in [3.63, 3.8) is 0 Å². The van der Waals surface area contributed by atoms with Crippen LogP contribution in [-0.4, -0.2) is 35.3 Å². The number of carbonyl (C=O) groups excluding carboxylic acids is 1. The fourth-order valence-electron chi connectivity index (χ4n) is 2.31. The van der Waals surface area contributed by atoms with Crippen molar-refractivity contribution in [2.45, 2.75) is 17.9 Å². The number of amides is 1. The van der Waals surface area contributed by atoms with Gasteiger partial charge in [-0.05, 0) is 23.8 Å². The maximum absolute atomic E-state index is 13.1. The van der Waals surface area contributed by atoms with Gasteiger partial charge in [0.2, 0.25) is 15.9 Å². The van der Waals surface area contributed by atoms with E-state index in [9.17, 15) is 23.3 Å². The molecule has 0 heterocycles. The van der Waals surface area contributed by atoms with E-state index in [1.807, 2.05) is 0 Å². The SMILES string of the molecule is O=C(CCN(Cc1ccc([N+](=O)[O-])cc1)S(=O)(=O)c1cc(Cl)ccc1Cl)NO. The van der Waals surface area contributed by atoms with Gasteiger partial charge in [0.15, 0.2) is 0 Å². The fraction of sp³-hybridized carbons (Fsp3) is 0.188. The molecule has 0 bridgehead atoms. The van der Waals surface area contributed by atoms with Gasteiger partial charge in [0.05, 0.1) is 9.95 Å². The first-order valence-corrected chi connectivity index (χ1v) is 9.96. The molecule has 0 aliphatic carbocycles. The van der Waals surface area contributed by atoms with E-state index in [1.165, 1.54) is 47.9 Å². The Kier molecular flexibility index (Phi) is 7.33. The van der Waals surface area contributed by atoms with Gasteiger partial charge < -0.3 is 0 Å². The molecule has 2 aromatic carbocycles. The molecular weight excluding hydrogens is 433 g/mol. The lowest BCUT2D eigenvalue weighted by atomic mass is 10.2. The van der Waals surface area contributed by atoms with Crippen LogP contribution in [0.4, 0.5) is 5.69 Å². The molecule has 28 heavy (non-hydrogen) atoms. The molecule has 150 valence electrons. The number of non-ortho nitro benzene ring substituents is 1. The lowest BCUT2D eigenvalue weighted by Crippen LogP contribution is -2.34. The standard InChI is InChI=1S/C16H15Cl2N3O6S/c17-12-3-6-14(18)15(9-12)28(26,27)20(8-7-16(22)19-23)10-11-1-4-13(5-2-11)21(24)25/h1-6,9,23H,7-8,10H2,(H,19,22). The van der Waals surface area contributed by atoms with Crippen molar-refractivity contribution in [1.29, 1.82) is 0 Å². The van der Waals surface area contributed by atoms with Gasteiger partial charge in [-0.3, -0.25) is 20.1 Å². The Bertz CT molecular complexity index is 982. The summed E-state index contributed by atoms with van der Waals surface area (Å²) in [5.74, 6) is -0.777. The summed E-state index contributed by atoms with van der Waals surface area (Å²) < 4.78 is 27.1. The van der Waals surface area contributed by atoms with Crippen molar-refractivity contribution in [1.82, 2.24) is 9.79 Å². The number of rotatable bonds is 8. The van der Waals surface area contributed by atoms with Crippen molar-refractivity contribution < 1.29 is 23.3 Å². The topological polar surface area (TPSA) is 130 Å². The molecule has 0 saturated heterocycles. The minimum atomic E-state index is -4.16. The van der Waals surface area contributed by atoms with Crippen molar-refractivity contribution in [2.75, 3.05) is 6.54 Å². The van der Waals surface area contributed by atoms with Gasteiger partial charge in [0, 0.05) is 36.7 Å². The number of hydroxylamine groups is 1. The minimum absolute atomic E-state index is 0.0512. The smallest absolute Gasteiger partial charge is 0.269 e. The van der Waals surface area contributed by atoms with Crippen molar-refractivity contribution >= 4 is 44.8 Å². The molecule has 0 atom stereocenters. The summed E-state index contributed by atoms with van der Waals surface area (Å²) in [5.41, 5.74) is 1.75. The van der Waals surface area contributed by atoms with Gasteiger partial charge >= 0.3 is 0 Å². The van der Waals surface area contributed by atoms with Crippen LogP contribution in [0.25, 0.3) is 0 Å². The number of benzene rings is 2. The third-order valence-electron chi connectivity index (χ3n) is 3.73. The van der Waals surface area contributed by atoms with E-state index in [-0.39, 0.29) is 40.1 Å². The van der Waals surface area contributed by atoms with Crippen LogP contribution in [-0.2, 0) is 21.4 Å². The summed E-state index contributed by atoms with van der Waals surface area (Å²) in [4.78, 5) is 21.3. The van der Waals surface area contributed by atoms with Gasteiger partial charge in [-0.15, -0.1) is 0 Å². The van der Waals surface area contributed by atoms with Crippen molar-refractivity contribution in [3.05, 3.63) is 68.2 Å². The van der Waals surface area contributed by atoms with Gasteiger partial charge in [0.1, 0.15) is 4.90 Å². The Labute approximate surface area is 170 Å². The Morgan fingerprint density at radius 3 is 2.39 bits per heavy atom. The van der Waals surface area contributed by atoms with Crippen LogP contribution in [0.3, 0.4) is 0 Å². The maximum atomic E-state index is 13.1. The first kappa shape index (κ1) is 22.1. The van der Waals surface area contributed by atoms with Crippen molar-refractivity contribution in [3.8, 4) is 0 Å². The third-order valence-corrected chi connectivity index (χ3v) is 6.29. The average Bonchev–Trinajstić information content (AvgIpc) is 2.66. The van der Waals surface area contributed by atoms with Crippen LogP contribution >= 0.6 is 23.2 Å². The molecule has 0 spiro atoms. The second-order valence-electron chi connectivity index (χ2n) is 5.62. The van der Waals surface area contributed by atoms with E-state index >= 15 is 0 Å². The number of halogens is 2. The molecule has 2 N–H and O–H groups in total. The zero-order chi connectivity index (χ0) is 20.9. The summed E-state index contributed by atoms with van der Waals surface area (Å²) in [7, 11) is -4.16. The highest BCUT2D eigenvalue weighted by atomic mass is 35.5. The summed E-state index contributed by atoms with van der Waals surface area (Å²) in [5, 5.41) is 19.5. The molecule has 2 rings (SSSR count). The number of nitrogens with zero attached hydrogens (tertiary/aromatic N) is 2. The molecule has 0 fully saturated rings. The molecule has 0 aromatic heterocycles. The molecule has 0 saturated carbocycles. The Morgan fingerprint density at radius 1 is 1.18 bits per heavy atom. The second kappa shape index (κ2) is 9.30. The van der Waals surface area contributed by atoms with Crippen LogP contribution in [0.2, 0.25) is 10.0 Å². The summed E-state index contributed by atoms with van der Waals surface area (Å²) in [6.45, 7) is -0.448. The molecule has 2 aromatic rings. The van der Waals surface area contributed by atoms with Gasteiger partial charge in [-0.1, -0.05) is 35.3 Å². The van der Waals surface area contributed by atoms with Crippen LogP contribution < -0.4 is 5.48 Å². The minimum Gasteiger partial charge on any atom is -0.289 e. The number of sulfonamides is 1. The van der Waals surface area contributed by atoms with E-state index in [2.05, 4.69) is 0 Å². The highest BCUT2D eigenvalue weighted by Gasteiger charge is 2.28. The first-order chi connectivity index (χ1) is 13.1. The van der Waals surface area contributed by atoms with Crippen LogP contribution in [0.5, 0.6) is 0 Å². The third kappa shape index (κ3) is 5.40. The van der Waals surface area contributed by atoms with E-state index < -0.39 is 20.9 Å². The number of carbonyl (C=O) groups is 1. The zero-order valence-electron chi connectivity index (χ0n) is 14.2. The van der Waals surface area contributed by atoms with E-state index in [0.717, 1.165) is 4.31 Å². The molecule has 9 nitrogen and oxygen atoms in total. The molecule has 0 aliphatic rings. The van der Waals surface area contributed by atoms with E-state index in [4.69, 9.17) is 28.4 Å². The van der Waals surface area contributed by atoms with Crippen molar-refractivity contribution in [2.24, 2.45) is 0 Å². The zero-order valence-corrected chi connectivity index (χ0v) is 16.5.